The van der Waals surface area contributed by atoms with Crippen LogP contribution in [0.1, 0.15) is 10.5 Å². The van der Waals surface area contributed by atoms with Gasteiger partial charge in [-0.25, -0.2) is 13.2 Å². The lowest BCUT2D eigenvalue weighted by atomic mass is 10.1. The molecule has 1 fully saturated rings. The highest BCUT2D eigenvalue weighted by molar-refractivity contribution is 7.92. The molecule has 2 heterocycles. The van der Waals surface area contributed by atoms with Gasteiger partial charge in [-0.3, -0.25) is 0 Å². The van der Waals surface area contributed by atoms with Gasteiger partial charge in [0.25, 0.3) is 0 Å². The van der Waals surface area contributed by atoms with Crippen molar-refractivity contribution in [1.29, 1.82) is 0 Å². The van der Waals surface area contributed by atoms with E-state index in [0.29, 0.717) is 17.1 Å². The van der Waals surface area contributed by atoms with Crippen molar-refractivity contribution in [2.45, 2.75) is 6.10 Å². The monoisotopic (exact) mass is 339 g/mol. The summed E-state index contributed by atoms with van der Waals surface area (Å²) in [5.74, 6) is -0.201. The first kappa shape index (κ1) is 15.3. The second-order valence-electron chi connectivity index (χ2n) is 5.06. The molecule has 1 saturated heterocycles. The molecule has 0 atom stereocenters. The van der Waals surface area contributed by atoms with E-state index < -0.39 is 21.9 Å². The quantitative estimate of drug-likeness (QED) is 0.864. The predicted molar refractivity (Wildman–Crippen MR) is 78.5 cm³/mol. The maximum atomic E-state index is 11.2. The number of methoxy groups -OCH3 is 1. The fraction of sp³-hybridized carbons (Fsp3) is 0.286. The topological polar surface area (TPSA) is 116 Å². The van der Waals surface area contributed by atoms with E-state index in [1.165, 1.54) is 13.2 Å². The molecular formula is C14H13NO7S. The Morgan fingerprint density at radius 2 is 2.04 bits per heavy atom. The van der Waals surface area contributed by atoms with Gasteiger partial charge in [-0.15, -0.1) is 0 Å². The van der Waals surface area contributed by atoms with E-state index in [1.54, 1.807) is 18.2 Å². The van der Waals surface area contributed by atoms with Crippen LogP contribution in [0, 0.1) is 0 Å². The van der Waals surface area contributed by atoms with Crippen molar-refractivity contribution < 1.29 is 32.3 Å². The number of rotatable bonds is 5. The largest absolute Gasteiger partial charge is 0.493 e. The molecule has 0 bridgehead atoms. The summed E-state index contributed by atoms with van der Waals surface area (Å²) in [5.41, 5.74) is 0.339. The van der Waals surface area contributed by atoms with Gasteiger partial charge in [-0.2, -0.15) is 0 Å². The van der Waals surface area contributed by atoms with Gasteiger partial charge >= 0.3 is 5.97 Å². The first-order valence-corrected chi connectivity index (χ1v) is 8.45. The maximum Gasteiger partial charge on any atom is 0.358 e. The van der Waals surface area contributed by atoms with Crippen LogP contribution in [-0.4, -0.2) is 49.4 Å². The highest BCUT2D eigenvalue weighted by Crippen LogP contribution is 2.34. The highest BCUT2D eigenvalue weighted by Gasteiger charge is 2.35. The van der Waals surface area contributed by atoms with Gasteiger partial charge in [0, 0.05) is 11.6 Å². The number of carboxylic acid groups (broad SMARTS) is 1. The number of aromatic carboxylic acids is 1. The number of ether oxygens (including phenoxy) is 2. The summed E-state index contributed by atoms with van der Waals surface area (Å²) in [6.07, 6.45) is -0.423. The predicted octanol–water partition coefficient (Wildman–Crippen LogP) is 1.22. The summed E-state index contributed by atoms with van der Waals surface area (Å²) in [5, 5.41) is 12.3. The Bertz CT molecular complexity index is 844. The Morgan fingerprint density at radius 1 is 1.30 bits per heavy atom. The fourth-order valence-electron chi connectivity index (χ4n) is 2.20. The Hall–Kier alpha value is -2.55. The summed E-state index contributed by atoms with van der Waals surface area (Å²) in [4.78, 5) is 10.8. The Balaban J connectivity index is 1.87. The molecule has 1 N–H and O–H groups in total. The first-order valence-electron chi connectivity index (χ1n) is 6.63. The molecule has 0 spiro atoms. The molecule has 2 aromatic rings. The van der Waals surface area contributed by atoms with Gasteiger partial charge in [0.2, 0.25) is 0 Å². The minimum Gasteiger partial charge on any atom is -0.493 e. The zero-order valence-corrected chi connectivity index (χ0v) is 12.9. The van der Waals surface area contributed by atoms with Crippen LogP contribution >= 0.6 is 0 Å². The van der Waals surface area contributed by atoms with Crippen molar-refractivity contribution in [3.63, 3.8) is 0 Å². The van der Waals surface area contributed by atoms with Gasteiger partial charge in [0.05, 0.1) is 18.6 Å². The molecule has 0 amide bonds. The molecule has 0 aliphatic carbocycles. The van der Waals surface area contributed by atoms with Crippen LogP contribution in [-0.2, 0) is 9.84 Å². The van der Waals surface area contributed by atoms with Crippen molar-refractivity contribution in [2.75, 3.05) is 18.6 Å². The summed E-state index contributed by atoms with van der Waals surface area (Å²) >= 11 is 0. The third kappa shape index (κ3) is 3.14. The van der Waals surface area contributed by atoms with Crippen molar-refractivity contribution in [3.8, 4) is 22.8 Å². The molecule has 1 aliphatic heterocycles. The van der Waals surface area contributed by atoms with E-state index in [9.17, 15) is 13.2 Å². The van der Waals surface area contributed by atoms with Crippen LogP contribution < -0.4 is 9.47 Å². The zero-order valence-electron chi connectivity index (χ0n) is 12.1. The Labute approximate surface area is 131 Å². The van der Waals surface area contributed by atoms with Gasteiger partial charge in [0.1, 0.15) is 6.10 Å². The van der Waals surface area contributed by atoms with E-state index >= 15 is 0 Å². The number of hydrogen-bond acceptors (Lipinski definition) is 7. The second-order valence-corrected chi connectivity index (χ2v) is 7.22. The van der Waals surface area contributed by atoms with Crippen molar-refractivity contribution in [1.82, 2.24) is 5.16 Å². The van der Waals surface area contributed by atoms with Crippen LogP contribution in [0.25, 0.3) is 11.3 Å². The zero-order chi connectivity index (χ0) is 16.6. The Morgan fingerprint density at radius 3 is 2.61 bits per heavy atom. The van der Waals surface area contributed by atoms with Crippen molar-refractivity contribution in [3.05, 3.63) is 30.0 Å². The normalized spacial score (nSPS) is 16.6. The SMILES string of the molecule is COc1ccc(-c2cc(C(=O)O)no2)cc1OC1CS(=O)(=O)C1. The Kier molecular flexibility index (Phi) is 3.72. The van der Waals surface area contributed by atoms with Crippen molar-refractivity contribution in [2.24, 2.45) is 0 Å². The number of sulfone groups is 1. The summed E-state index contributed by atoms with van der Waals surface area (Å²) in [6, 6.07) is 6.17. The lowest BCUT2D eigenvalue weighted by Crippen LogP contribution is -2.45. The van der Waals surface area contributed by atoms with E-state index in [4.69, 9.17) is 19.1 Å². The molecule has 1 aliphatic rings. The standard InChI is InChI=1S/C14H13NO7S/c1-20-11-3-2-8(12-5-10(14(16)17)15-22-12)4-13(11)21-9-6-23(18,19)7-9/h2-5,9H,6-7H2,1H3,(H,16,17). The smallest absolute Gasteiger partial charge is 0.358 e. The molecule has 9 heteroatoms. The molecule has 1 aromatic carbocycles. The molecule has 0 unspecified atom stereocenters. The number of benzene rings is 1. The third-order valence-electron chi connectivity index (χ3n) is 3.35. The summed E-state index contributed by atoms with van der Waals surface area (Å²) < 4.78 is 38.2. The third-order valence-corrected chi connectivity index (χ3v) is 5.11. The van der Waals surface area contributed by atoms with E-state index in [2.05, 4.69) is 5.16 Å². The lowest BCUT2D eigenvalue weighted by molar-refractivity contribution is 0.0685. The van der Waals surface area contributed by atoms with Crippen LogP contribution in [0.3, 0.4) is 0 Å². The number of carbonyl (C=O) groups is 1. The van der Waals surface area contributed by atoms with Gasteiger partial charge in [-0.05, 0) is 18.2 Å². The van der Waals surface area contributed by atoms with Crippen LogP contribution in [0.5, 0.6) is 11.5 Å². The van der Waals surface area contributed by atoms with Gasteiger partial charge in [0.15, 0.2) is 32.8 Å². The molecule has 1 aromatic heterocycles. The fourth-order valence-corrected chi connectivity index (χ4v) is 3.37. The minimum atomic E-state index is -3.00. The minimum absolute atomic E-state index is 0.0359. The maximum absolute atomic E-state index is 11.2. The average Bonchev–Trinajstić information content (AvgIpc) is 2.95. The van der Waals surface area contributed by atoms with Gasteiger partial charge < -0.3 is 19.1 Å². The number of nitrogens with zero attached hydrogens (tertiary/aromatic N) is 1. The molecule has 0 saturated carbocycles. The van der Waals surface area contributed by atoms with Crippen LogP contribution in [0.2, 0.25) is 0 Å². The molecule has 23 heavy (non-hydrogen) atoms. The molecular weight excluding hydrogens is 326 g/mol. The van der Waals surface area contributed by atoms with E-state index in [1.807, 2.05) is 0 Å². The van der Waals surface area contributed by atoms with Crippen LogP contribution in [0.4, 0.5) is 0 Å². The second kappa shape index (κ2) is 5.58. The summed E-state index contributed by atoms with van der Waals surface area (Å²) in [7, 11) is -1.53. The van der Waals surface area contributed by atoms with Gasteiger partial charge in [-0.1, -0.05) is 5.16 Å². The average molecular weight is 339 g/mol. The van der Waals surface area contributed by atoms with Crippen LogP contribution in [0.15, 0.2) is 28.8 Å². The first-order chi connectivity index (χ1) is 10.9. The number of aromatic nitrogens is 1. The van der Waals surface area contributed by atoms with Crippen molar-refractivity contribution >= 4 is 15.8 Å². The van der Waals surface area contributed by atoms with E-state index in [0.717, 1.165) is 0 Å². The highest BCUT2D eigenvalue weighted by atomic mass is 32.2. The lowest BCUT2D eigenvalue weighted by Gasteiger charge is -2.27. The van der Waals surface area contributed by atoms with E-state index in [-0.39, 0.29) is 23.0 Å². The molecule has 3 rings (SSSR count). The number of hydrogen-bond donors (Lipinski definition) is 1. The molecule has 122 valence electrons. The summed E-state index contributed by atoms with van der Waals surface area (Å²) in [6.45, 7) is 0. The molecule has 8 nitrogen and oxygen atoms in total. The molecule has 0 radical (unpaired) electrons. The number of carboxylic acids is 1.